The number of benzene rings is 2. The molecule has 3 heterocycles. The zero-order valence-electron chi connectivity index (χ0n) is 23.9. The van der Waals surface area contributed by atoms with E-state index in [1.807, 2.05) is 56.3 Å². The van der Waals surface area contributed by atoms with Crippen LogP contribution in [0.5, 0.6) is 0 Å². The summed E-state index contributed by atoms with van der Waals surface area (Å²) < 4.78 is 12.1. The van der Waals surface area contributed by atoms with E-state index in [0.717, 1.165) is 10.8 Å². The minimum Gasteiger partial charge on any atom is -0.465 e. The Hall–Kier alpha value is -3.49. The number of ether oxygens (including phenoxy) is 2. The number of aliphatic hydroxyl groups excluding tert-OH is 1. The summed E-state index contributed by atoms with van der Waals surface area (Å²) in [6.07, 6.45) is 5.05. The van der Waals surface area contributed by atoms with Gasteiger partial charge in [-0.3, -0.25) is 14.4 Å². The van der Waals surface area contributed by atoms with Crippen LogP contribution in [0.2, 0.25) is 0 Å². The van der Waals surface area contributed by atoms with E-state index in [2.05, 4.69) is 13.2 Å². The van der Waals surface area contributed by atoms with Gasteiger partial charge in [-0.25, -0.2) is 0 Å². The summed E-state index contributed by atoms with van der Waals surface area (Å²) in [7, 11) is 0. The van der Waals surface area contributed by atoms with E-state index in [4.69, 9.17) is 9.47 Å². The number of esters is 1. The molecule has 3 aliphatic heterocycles. The van der Waals surface area contributed by atoms with Crippen LogP contribution in [-0.4, -0.2) is 71.3 Å². The molecule has 1 spiro atoms. The Labute approximate surface area is 241 Å². The number of rotatable bonds is 12. The second kappa shape index (κ2) is 11.8. The van der Waals surface area contributed by atoms with Crippen molar-refractivity contribution in [1.29, 1.82) is 0 Å². The Morgan fingerprint density at radius 1 is 1.22 bits per heavy atom. The lowest BCUT2D eigenvalue weighted by Crippen LogP contribution is -2.60. The largest absolute Gasteiger partial charge is 0.465 e. The Morgan fingerprint density at radius 3 is 2.66 bits per heavy atom. The number of carbonyl (C=O) groups is 3. The van der Waals surface area contributed by atoms with Gasteiger partial charge in [0.15, 0.2) is 0 Å². The normalized spacial score (nSPS) is 27.9. The number of fused-ring (bicyclic) bond motifs is 2. The van der Waals surface area contributed by atoms with Gasteiger partial charge in [0.1, 0.15) is 11.6 Å². The molecule has 218 valence electrons. The van der Waals surface area contributed by atoms with Crippen LogP contribution < -0.4 is 4.90 Å². The van der Waals surface area contributed by atoms with Crippen molar-refractivity contribution in [2.75, 3.05) is 24.7 Å². The first-order valence-corrected chi connectivity index (χ1v) is 14.6. The predicted molar refractivity (Wildman–Crippen MR) is 157 cm³/mol. The fourth-order valence-corrected chi connectivity index (χ4v) is 7.09. The number of anilines is 1. The maximum atomic E-state index is 14.8. The van der Waals surface area contributed by atoms with Crippen LogP contribution >= 0.6 is 0 Å². The van der Waals surface area contributed by atoms with Gasteiger partial charge < -0.3 is 24.4 Å². The maximum Gasteiger partial charge on any atom is 0.312 e. The number of hydrogen-bond donors (Lipinski definition) is 1. The zero-order chi connectivity index (χ0) is 29.3. The topological polar surface area (TPSA) is 96.4 Å². The second-order valence-electron chi connectivity index (χ2n) is 11.5. The van der Waals surface area contributed by atoms with Gasteiger partial charge in [-0.05, 0) is 48.1 Å². The third-order valence-corrected chi connectivity index (χ3v) is 9.28. The number of nitrogens with zero attached hydrogens (tertiary/aromatic N) is 2. The molecule has 3 fully saturated rings. The minimum atomic E-state index is -1.18. The first-order valence-electron chi connectivity index (χ1n) is 14.6. The molecule has 2 aromatic rings. The Balaban J connectivity index is 1.59. The van der Waals surface area contributed by atoms with Crippen LogP contribution in [0.1, 0.15) is 39.5 Å². The van der Waals surface area contributed by atoms with Crippen molar-refractivity contribution in [2.24, 2.45) is 17.8 Å². The molecule has 0 aromatic heterocycles. The van der Waals surface area contributed by atoms with Crippen LogP contribution in [0.3, 0.4) is 0 Å². The Morgan fingerprint density at radius 2 is 1.98 bits per heavy atom. The van der Waals surface area contributed by atoms with Crippen molar-refractivity contribution in [3.8, 4) is 0 Å². The Kier molecular flexibility index (Phi) is 8.34. The summed E-state index contributed by atoms with van der Waals surface area (Å²) in [5, 5.41) is 12.6. The molecule has 2 unspecified atom stereocenters. The second-order valence-corrected chi connectivity index (χ2v) is 11.5. The number of amides is 2. The molecule has 1 N–H and O–H groups in total. The van der Waals surface area contributed by atoms with E-state index in [9.17, 15) is 19.5 Å². The number of likely N-dealkylation sites (tertiary alicyclic amines) is 1. The molecule has 0 aliphatic carbocycles. The smallest absolute Gasteiger partial charge is 0.312 e. The highest BCUT2D eigenvalue weighted by atomic mass is 16.6. The standard InChI is InChI=1S/C33H40N2O6/c1-5-8-18-40-32(39)27-26-15-16-33(41-26)28(27)30(37)35(25(20-36)21(4)7-3)29(33)31(38)34(17-6-2)24-14-13-22-11-9-10-12-23(22)19-24/h5-6,9-14,19,21,25-29,36H,1-2,7-8,15-18,20H2,3-4H3/t21-,25-,26+,27-,28-,29?,33?/m0/s1. The molecule has 7 atom stereocenters. The van der Waals surface area contributed by atoms with Gasteiger partial charge >= 0.3 is 5.97 Å². The lowest BCUT2D eigenvalue weighted by Gasteiger charge is -2.41. The lowest BCUT2D eigenvalue weighted by atomic mass is 9.70. The van der Waals surface area contributed by atoms with E-state index in [0.29, 0.717) is 31.4 Å². The van der Waals surface area contributed by atoms with Crippen LogP contribution in [-0.2, 0) is 23.9 Å². The van der Waals surface area contributed by atoms with E-state index in [1.165, 1.54) is 0 Å². The van der Waals surface area contributed by atoms with E-state index < -0.39 is 41.6 Å². The van der Waals surface area contributed by atoms with Crippen LogP contribution in [0, 0.1) is 17.8 Å². The van der Waals surface area contributed by atoms with Crippen molar-refractivity contribution in [1.82, 2.24) is 4.90 Å². The van der Waals surface area contributed by atoms with Crippen molar-refractivity contribution < 1.29 is 29.0 Å². The molecule has 3 aliphatic rings. The van der Waals surface area contributed by atoms with E-state index in [-0.39, 0.29) is 37.5 Å². The highest BCUT2D eigenvalue weighted by Gasteiger charge is 2.75. The third-order valence-electron chi connectivity index (χ3n) is 9.28. The summed E-state index contributed by atoms with van der Waals surface area (Å²) in [5.41, 5.74) is -0.504. The van der Waals surface area contributed by atoms with Crippen molar-refractivity contribution >= 4 is 34.2 Å². The van der Waals surface area contributed by atoms with Gasteiger partial charge in [-0.15, -0.1) is 13.2 Å². The summed E-state index contributed by atoms with van der Waals surface area (Å²) in [4.78, 5) is 45.6. The van der Waals surface area contributed by atoms with Gasteiger partial charge in [0.2, 0.25) is 5.91 Å². The third kappa shape index (κ3) is 4.77. The first kappa shape index (κ1) is 29.0. The van der Waals surface area contributed by atoms with Gasteiger partial charge in [0.25, 0.3) is 5.91 Å². The molecule has 5 rings (SSSR count). The average molecular weight is 561 g/mol. The molecule has 8 heteroatoms. The average Bonchev–Trinajstić information content (AvgIpc) is 3.63. The fraction of sp³-hybridized carbons (Fsp3) is 0.485. The number of aliphatic hydroxyl groups is 1. The molecule has 3 saturated heterocycles. The van der Waals surface area contributed by atoms with E-state index >= 15 is 0 Å². The highest BCUT2D eigenvalue weighted by Crippen LogP contribution is 2.59. The molecule has 41 heavy (non-hydrogen) atoms. The van der Waals surface area contributed by atoms with Crippen molar-refractivity contribution in [2.45, 2.75) is 63.3 Å². The fourth-order valence-electron chi connectivity index (χ4n) is 7.09. The summed E-state index contributed by atoms with van der Waals surface area (Å²) in [6.45, 7) is 11.6. The molecular weight excluding hydrogens is 520 g/mol. The molecule has 0 saturated carbocycles. The van der Waals surface area contributed by atoms with Crippen LogP contribution in [0.4, 0.5) is 5.69 Å². The maximum absolute atomic E-state index is 14.8. The zero-order valence-corrected chi connectivity index (χ0v) is 23.9. The minimum absolute atomic E-state index is 0.0850. The van der Waals surface area contributed by atoms with Gasteiger partial charge in [-0.2, -0.15) is 0 Å². The molecular formula is C33H40N2O6. The quantitative estimate of drug-likeness (QED) is 0.237. The lowest BCUT2D eigenvalue weighted by molar-refractivity contribution is -0.156. The van der Waals surface area contributed by atoms with Crippen LogP contribution in [0.25, 0.3) is 10.8 Å². The summed E-state index contributed by atoms with van der Waals surface area (Å²) in [6, 6.07) is 12.1. The van der Waals surface area contributed by atoms with Gasteiger partial charge in [0.05, 0.1) is 37.2 Å². The first-order chi connectivity index (χ1) is 19.8. The van der Waals surface area contributed by atoms with Crippen molar-refractivity contribution in [3.05, 3.63) is 67.8 Å². The molecule has 2 bridgehead atoms. The van der Waals surface area contributed by atoms with Gasteiger partial charge in [0, 0.05) is 12.2 Å². The molecule has 0 radical (unpaired) electrons. The monoisotopic (exact) mass is 560 g/mol. The molecule has 2 amide bonds. The predicted octanol–water partition coefficient (Wildman–Crippen LogP) is 4.26. The molecule has 2 aromatic carbocycles. The summed E-state index contributed by atoms with van der Waals surface area (Å²) >= 11 is 0. The highest BCUT2D eigenvalue weighted by molar-refractivity contribution is 6.05. The van der Waals surface area contributed by atoms with E-state index in [1.54, 1.807) is 22.0 Å². The van der Waals surface area contributed by atoms with Crippen molar-refractivity contribution in [3.63, 3.8) is 0 Å². The summed E-state index contributed by atoms with van der Waals surface area (Å²) in [5.74, 6) is -2.85. The Bertz CT molecular complexity index is 1340. The molecule has 8 nitrogen and oxygen atoms in total. The van der Waals surface area contributed by atoms with Crippen LogP contribution in [0.15, 0.2) is 67.8 Å². The number of hydrogen-bond acceptors (Lipinski definition) is 6. The van der Waals surface area contributed by atoms with Gasteiger partial charge in [-0.1, -0.05) is 62.8 Å². The number of carbonyl (C=O) groups excluding carboxylic acids is 3. The SMILES string of the molecule is C=CCCOC(=O)[C@@H]1[C@H]2C(=O)N([C@@H](CO)[C@@H](C)CC)C(C(=O)N(CC=C)c3ccc4ccccc4c3)C23CC[C@H]1O3.